The third-order valence-corrected chi connectivity index (χ3v) is 11.4. The molecule has 1 amide bonds. The number of hydrogen-bond donors (Lipinski definition) is 3. The number of anilines is 1. The first-order valence-corrected chi connectivity index (χ1v) is 21.6. The molecule has 0 atom stereocenters. The Balaban J connectivity index is 1.20. The highest BCUT2D eigenvalue weighted by Crippen LogP contribution is 2.35. The van der Waals surface area contributed by atoms with Crippen LogP contribution < -0.4 is 5.32 Å². The van der Waals surface area contributed by atoms with Crippen molar-refractivity contribution in [2.75, 3.05) is 18.5 Å². The van der Waals surface area contributed by atoms with Gasteiger partial charge in [0.15, 0.2) is 0 Å². The SMILES string of the molecule is C=CCOC(=O)CCc1c2nc(c(-c3nccn3C)c3ccc([nH]3)c(CCC(=O)OCC=C)c3nc(c(-c4ccc(NC(=O)c5ccc(C6=C=CC=C6)cc5)cc4)c4ccc1[nH]4)C=C3)C=C2. The molecule has 1 aliphatic carbocycles. The average Bonchev–Trinajstić information content (AvgIpc) is 4.20. The molecule has 8 bridgehead atoms. The maximum Gasteiger partial charge on any atom is 0.306 e. The van der Waals surface area contributed by atoms with Crippen LogP contribution in [-0.4, -0.2) is 60.5 Å². The smallest absolute Gasteiger partial charge is 0.306 e. The number of carbonyl (C=O) groups is 3. The normalized spacial score (nSPS) is 12.3. The second kappa shape index (κ2) is 19.0. The lowest BCUT2D eigenvalue weighted by molar-refractivity contribution is -0.143. The Labute approximate surface area is 380 Å². The molecular weight excluding hydrogens is 827 g/mol. The number of carbonyl (C=O) groups excluding carboxylic acids is 3. The van der Waals surface area contributed by atoms with Gasteiger partial charge in [0.2, 0.25) is 0 Å². The predicted molar refractivity (Wildman–Crippen MR) is 260 cm³/mol. The van der Waals surface area contributed by atoms with Crippen molar-refractivity contribution in [2.45, 2.75) is 25.7 Å². The van der Waals surface area contributed by atoms with E-state index in [2.05, 4.69) is 34.2 Å². The number of fused-ring (bicyclic) bond motifs is 8. The zero-order valence-electron chi connectivity index (χ0n) is 36.3. The van der Waals surface area contributed by atoms with E-state index >= 15 is 0 Å². The summed E-state index contributed by atoms with van der Waals surface area (Å²) < 4.78 is 12.7. The van der Waals surface area contributed by atoms with Crippen LogP contribution in [0.1, 0.15) is 62.7 Å². The van der Waals surface area contributed by atoms with Gasteiger partial charge < -0.3 is 29.3 Å². The minimum atomic E-state index is -0.352. The molecule has 2 aliphatic heterocycles. The van der Waals surface area contributed by atoms with Crippen LogP contribution in [0, 0.1) is 0 Å². The molecule has 12 nitrogen and oxygen atoms in total. The first kappa shape index (κ1) is 42.7. The van der Waals surface area contributed by atoms with E-state index in [1.807, 2.05) is 121 Å². The number of esters is 2. The molecule has 9 rings (SSSR count). The van der Waals surface area contributed by atoms with E-state index in [9.17, 15) is 14.4 Å². The maximum absolute atomic E-state index is 13.4. The number of aromatic amines is 2. The summed E-state index contributed by atoms with van der Waals surface area (Å²) in [4.78, 5) is 61.7. The number of amides is 1. The van der Waals surface area contributed by atoms with Crippen molar-refractivity contribution in [3.05, 3.63) is 179 Å². The second-order valence-corrected chi connectivity index (χ2v) is 15.7. The fourth-order valence-corrected chi connectivity index (χ4v) is 8.13. The summed E-state index contributed by atoms with van der Waals surface area (Å²) in [7, 11) is 1.93. The lowest BCUT2D eigenvalue weighted by Gasteiger charge is -2.09. The summed E-state index contributed by atoms with van der Waals surface area (Å²) >= 11 is 0. The van der Waals surface area contributed by atoms with Crippen molar-refractivity contribution < 1.29 is 23.9 Å². The summed E-state index contributed by atoms with van der Waals surface area (Å²) in [5.41, 5.74) is 16.1. The summed E-state index contributed by atoms with van der Waals surface area (Å²) in [6, 6.07) is 23.0. The number of ether oxygens (including phenoxy) is 2. The van der Waals surface area contributed by atoms with E-state index in [-0.39, 0.29) is 43.9 Å². The minimum Gasteiger partial charge on any atom is -0.461 e. The lowest BCUT2D eigenvalue weighted by Crippen LogP contribution is -2.11. The minimum absolute atomic E-state index is 0.115. The van der Waals surface area contributed by atoms with Gasteiger partial charge >= 0.3 is 11.9 Å². The van der Waals surface area contributed by atoms with Gasteiger partial charge in [-0.2, -0.15) is 0 Å². The van der Waals surface area contributed by atoms with Crippen LogP contribution in [0.2, 0.25) is 0 Å². The van der Waals surface area contributed by atoms with Gasteiger partial charge in [-0.25, -0.2) is 15.0 Å². The van der Waals surface area contributed by atoms with Crippen molar-refractivity contribution >= 4 is 75.5 Å². The molecule has 6 heterocycles. The number of rotatable bonds is 15. The number of imidazole rings is 1. The molecule has 0 saturated heterocycles. The molecule has 0 spiro atoms. The molecule has 66 heavy (non-hydrogen) atoms. The molecule has 0 fully saturated rings. The van der Waals surface area contributed by atoms with E-state index in [0.29, 0.717) is 52.7 Å². The van der Waals surface area contributed by atoms with Gasteiger partial charge in [0.05, 0.1) is 33.9 Å². The van der Waals surface area contributed by atoms with Crippen molar-refractivity contribution in [1.82, 2.24) is 29.5 Å². The first-order valence-electron chi connectivity index (χ1n) is 21.6. The van der Waals surface area contributed by atoms with Gasteiger partial charge in [-0.05, 0) is 109 Å². The molecule has 0 unspecified atom stereocenters. The van der Waals surface area contributed by atoms with Gasteiger partial charge in [-0.15, -0.1) is 5.73 Å². The van der Waals surface area contributed by atoms with Crippen LogP contribution >= 0.6 is 0 Å². The number of aryl methyl sites for hydroxylation is 3. The van der Waals surface area contributed by atoms with Crippen LogP contribution in [0.25, 0.3) is 74.5 Å². The molecule has 2 aromatic carbocycles. The number of benzene rings is 2. The molecule has 0 radical (unpaired) electrons. The van der Waals surface area contributed by atoms with Crippen molar-refractivity contribution in [3.63, 3.8) is 0 Å². The van der Waals surface area contributed by atoms with E-state index in [0.717, 1.165) is 61.0 Å². The molecule has 6 aromatic rings. The molecular formula is C54H45N7O5. The molecule has 0 saturated carbocycles. The maximum atomic E-state index is 13.4. The monoisotopic (exact) mass is 871 g/mol. The third-order valence-electron chi connectivity index (χ3n) is 11.4. The number of hydrogen-bond acceptors (Lipinski definition) is 8. The van der Waals surface area contributed by atoms with Gasteiger partial charge in [0, 0.05) is 82.3 Å². The van der Waals surface area contributed by atoms with Crippen molar-refractivity contribution in [1.29, 1.82) is 0 Å². The third kappa shape index (κ3) is 9.08. The summed E-state index contributed by atoms with van der Waals surface area (Å²) in [5, 5.41) is 3.03. The Bertz CT molecular complexity index is 3240. The van der Waals surface area contributed by atoms with Crippen LogP contribution in [0.4, 0.5) is 5.69 Å². The largest absolute Gasteiger partial charge is 0.461 e. The second-order valence-electron chi connectivity index (χ2n) is 15.7. The number of H-pyrrole nitrogens is 2. The Morgan fingerprint density at radius 3 is 1.77 bits per heavy atom. The highest BCUT2D eigenvalue weighted by Gasteiger charge is 2.20. The van der Waals surface area contributed by atoms with Crippen LogP contribution in [0.3, 0.4) is 0 Å². The van der Waals surface area contributed by atoms with E-state index in [4.69, 9.17) is 24.4 Å². The Hall–Kier alpha value is -8.60. The Morgan fingerprint density at radius 2 is 1.23 bits per heavy atom. The van der Waals surface area contributed by atoms with E-state index < -0.39 is 0 Å². The Kier molecular flexibility index (Phi) is 12.3. The van der Waals surface area contributed by atoms with Gasteiger partial charge in [-0.3, -0.25) is 14.4 Å². The van der Waals surface area contributed by atoms with Crippen molar-refractivity contribution in [2.24, 2.45) is 7.05 Å². The van der Waals surface area contributed by atoms with Crippen LogP contribution in [-0.2, 0) is 39.0 Å². The quantitative estimate of drug-likeness (QED) is 0.0522. The summed E-state index contributed by atoms with van der Waals surface area (Å²) in [6.45, 7) is 7.59. The fourth-order valence-electron chi connectivity index (χ4n) is 8.13. The summed E-state index contributed by atoms with van der Waals surface area (Å²) in [6.07, 6.45) is 21.2. The highest BCUT2D eigenvalue weighted by molar-refractivity contribution is 6.05. The molecule has 4 aromatic heterocycles. The fraction of sp³-hybridized carbons (Fsp3) is 0.130. The van der Waals surface area contributed by atoms with Gasteiger partial charge in [0.1, 0.15) is 19.0 Å². The zero-order chi connectivity index (χ0) is 45.6. The summed E-state index contributed by atoms with van der Waals surface area (Å²) in [5.74, 6) is -0.241. The van der Waals surface area contributed by atoms with Crippen LogP contribution in [0.5, 0.6) is 0 Å². The standard InChI is InChI=1S/C54H45N7O5/c1-4-32-65-49(62)28-18-39-41-20-24-45(57-41)51(36-14-16-38(17-15-36)56-54(64)37-12-10-35(11-13-37)34-8-6-7-9-34)46-25-21-42(58-46)40(19-29-50(63)66-33-5-2)44-23-27-48(60-44)52(47-26-22-43(39)59-47)53-55-30-31-61(53)3/h4-8,10-17,20-27,30-31,57,60H,1-2,18-19,28-29,32-33H2,3H3,(H,56,64). The lowest BCUT2D eigenvalue weighted by atomic mass is 10.0. The highest BCUT2D eigenvalue weighted by atomic mass is 16.5. The number of aromatic nitrogens is 6. The topological polar surface area (TPSA) is 157 Å². The number of nitrogens with zero attached hydrogens (tertiary/aromatic N) is 4. The van der Waals surface area contributed by atoms with Gasteiger partial charge in [0.25, 0.3) is 5.91 Å². The number of allylic oxidation sites excluding steroid dienone is 3. The molecule has 326 valence electrons. The Morgan fingerprint density at radius 1 is 0.682 bits per heavy atom. The average molecular weight is 872 g/mol. The molecule has 3 N–H and O–H groups in total. The van der Waals surface area contributed by atoms with Crippen molar-refractivity contribution in [3.8, 4) is 22.5 Å². The van der Waals surface area contributed by atoms with Gasteiger partial charge in [-0.1, -0.05) is 55.7 Å². The number of nitrogens with one attached hydrogen (secondary N) is 3. The molecule has 12 heteroatoms. The van der Waals surface area contributed by atoms with Crippen LogP contribution in [0.15, 0.2) is 134 Å². The molecule has 3 aliphatic rings. The van der Waals surface area contributed by atoms with E-state index in [1.165, 1.54) is 0 Å². The zero-order valence-corrected chi connectivity index (χ0v) is 36.3. The predicted octanol–water partition coefficient (Wildman–Crippen LogP) is 10.4. The first-order chi connectivity index (χ1) is 32.3. The van der Waals surface area contributed by atoms with E-state index in [1.54, 1.807) is 30.5 Å².